The van der Waals surface area contributed by atoms with Crippen molar-refractivity contribution in [2.75, 3.05) is 24.3 Å². The molecule has 12 nitrogen and oxygen atoms in total. The Bertz CT molecular complexity index is 1270. The lowest BCUT2D eigenvalue weighted by Crippen LogP contribution is -2.71. The molecule has 2 aliphatic heterocycles. The number of thioether (sulfide) groups is 1. The van der Waals surface area contributed by atoms with Crippen molar-refractivity contribution in [2.24, 2.45) is 5.16 Å². The van der Waals surface area contributed by atoms with Crippen LogP contribution in [-0.2, 0) is 25.8 Å². The molecule has 0 spiro atoms. The number of carbonyl (C=O) groups excluding carboxylic acids is 3. The second-order valence-electron chi connectivity index (χ2n) is 7.45. The minimum absolute atomic E-state index is 0.147. The Morgan fingerprint density at radius 1 is 1.46 bits per heavy atom. The normalized spacial score (nSPS) is 20.0. The van der Waals surface area contributed by atoms with Crippen molar-refractivity contribution in [3.63, 3.8) is 0 Å². The summed E-state index contributed by atoms with van der Waals surface area (Å²) in [5.74, 6) is -2.42. The fourth-order valence-electron chi connectivity index (χ4n) is 3.63. The summed E-state index contributed by atoms with van der Waals surface area (Å²) in [6, 6.07) is 2.61. The van der Waals surface area contributed by atoms with Gasteiger partial charge in [-0.2, -0.15) is 4.57 Å². The highest BCUT2D eigenvalue weighted by Gasteiger charge is 2.53. The number of hydrogen-bond donors (Lipinski definition) is 3. The molecule has 4 heterocycles. The van der Waals surface area contributed by atoms with E-state index in [1.165, 1.54) is 24.3 Å². The molecule has 0 bridgehead atoms. The lowest BCUT2D eigenvalue weighted by Gasteiger charge is -2.50. The molecule has 1 saturated heterocycles. The summed E-state index contributed by atoms with van der Waals surface area (Å²) >= 11 is 2.45. The Balaban J connectivity index is 1.49. The van der Waals surface area contributed by atoms with Gasteiger partial charge in [0, 0.05) is 17.2 Å². The number of nitrogen functional groups attached to an aromatic ring is 2. The molecule has 35 heavy (non-hydrogen) atoms. The molecule has 1 fully saturated rings. The van der Waals surface area contributed by atoms with Gasteiger partial charge in [0.2, 0.25) is 0 Å². The molecule has 2 aliphatic rings. The SMILES string of the molecule is CO/N=C(/C(=O)NC1C(=O)N2C(C(=O)[O-])=C(/C=C/C[n+]3cccc(N)c3)CS[C@H]12)c1csc(N)n1. The van der Waals surface area contributed by atoms with Crippen molar-refractivity contribution in [2.45, 2.75) is 18.0 Å². The maximum atomic E-state index is 12.9. The van der Waals surface area contributed by atoms with E-state index in [-0.39, 0.29) is 22.2 Å². The Morgan fingerprint density at radius 2 is 2.26 bits per heavy atom. The number of nitrogens with zero attached hydrogens (tertiary/aromatic N) is 4. The molecule has 0 aliphatic carbocycles. The zero-order valence-corrected chi connectivity index (χ0v) is 20.0. The zero-order valence-electron chi connectivity index (χ0n) is 18.4. The number of rotatable bonds is 8. The number of allylic oxidation sites excluding steroid dienone is 2. The lowest BCUT2D eigenvalue weighted by atomic mass is 10.0. The van der Waals surface area contributed by atoms with Crippen molar-refractivity contribution in [3.8, 4) is 0 Å². The van der Waals surface area contributed by atoms with Crippen molar-refractivity contribution < 1.29 is 28.9 Å². The van der Waals surface area contributed by atoms with Crippen LogP contribution >= 0.6 is 23.1 Å². The van der Waals surface area contributed by atoms with Crippen LogP contribution in [0.5, 0.6) is 0 Å². The van der Waals surface area contributed by atoms with Crippen molar-refractivity contribution in [1.29, 1.82) is 0 Å². The summed E-state index contributed by atoms with van der Waals surface area (Å²) in [7, 11) is 1.27. The van der Waals surface area contributed by atoms with Crippen molar-refractivity contribution >= 4 is 57.4 Å². The van der Waals surface area contributed by atoms with Crippen LogP contribution in [0.4, 0.5) is 10.8 Å². The standard InChI is InChI=1S/C21H21N7O5S2/c1-33-26-14(13-10-35-21(23)24-13)17(29)25-15-18(30)28-16(20(31)32)11(9-34-19(15)28)4-2-6-27-7-3-5-12(22)8-27/h2-5,7-8,10,15,19H,6,9,22H2,1H3,(H3-,23,24,25,29,31,32)/b4-2+,26-14+/t15?,19-/m1/s1. The monoisotopic (exact) mass is 515 g/mol. The summed E-state index contributed by atoms with van der Waals surface area (Å²) in [5.41, 5.74) is 12.3. The lowest BCUT2D eigenvalue weighted by molar-refractivity contribution is -0.686. The maximum Gasteiger partial charge on any atom is 0.276 e. The Labute approximate surface area is 207 Å². The van der Waals surface area contributed by atoms with E-state index in [1.807, 2.05) is 10.8 Å². The van der Waals surface area contributed by atoms with Crippen LogP contribution in [0.25, 0.3) is 0 Å². The first-order valence-corrected chi connectivity index (χ1v) is 12.2. The van der Waals surface area contributed by atoms with Gasteiger partial charge >= 0.3 is 0 Å². The molecule has 2 aromatic rings. The van der Waals surface area contributed by atoms with Crippen LogP contribution in [0.3, 0.4) is 0 Å². The van der Waals surface area contributed by atoms with Crippen LogP contribution in [0.2, 0.25) is 0 Å². The molecule has 2 atom stereocenters. The van der Waals surface area contributed by atoms with Gasteiger partial charge in [-0.3, -0.25) is 14.5 Å². The number of carboxylic acid groups (broad SMARTS) is 1. The average molecular weight is 516 g/mol. The molecular weight excluding hydrogens is 494 g/mol. The number of β-lactam (4-membered cyclic amide) rings is 1. The fourth-order valence-corrected chi connectivity index (χ4v) is 5.50. The number of amides is 2. The number of nitrogens with one attached hydrogen (secondary N) is 1. The molecule has 5 N–H and O–H groups in total. The zero-order chi connectivity index (χ0) is 25.1. The van der Waals surface area contributed by atoms with E-state index < -0.39 is 29.2 Å². The predicted molar refractivity (Wildman–Crippen MR) is 127 cm³/mol. The van der Waals surface area contributed by atoms with Gasteiger partial charge < -0.3 is 31.5 Å². The molecule has 14 heteroatoms. The Morgan fingerprint density at radius 3 is 2.91 bits per heavy atom. The number of hydrogen-bond acceptors (Lipinski definition) is 11. The summed E-state index contributed by atoms with van der Waals surface area (Å²) in [6.07, 6.45) is 7.00. The molecular formula is C21H21N7O5S2. The summed E-state index contributed by atoms with van der Waals surface area (Å²) in [6.45, 7) is 0.457. The van der Waals surface area contributed by atoms with E-state index in [4.69, 9.17) is 16.3 Å². The number of aliphatic carboxylic acids is 1. The number of thiazole rings is 1. The largest absolute Gasteiger partial charge is 0.543 e. The molecule has 0 saturated carbocycles. The van der Waals surface area contributed by atoms with E-state index >= 15 is 0 Å². The maximum absolute atomic E-state index is 12.9. The van der Waals surface area contributed by atoms with Gasteiger partial charge in [0.25, 0.3) is 11.8 Å². The fraction of sp³-hybridized carbons (Fsp3) is 0.238. The van der Waals surface area contributed by atoms with E-state index in [2.05, 4.69) is 15.5 Å². The number of carbonyl (C=O) groups is 3. The molecule has 2 amide bonds. The number of fused-ring (bicyclic) bond motifs is 1. The van der Waals surface area contributed by atoms with Gasteiger partial charge in [0.15, 0.2) is 29.8 Å². The van der Waals surface area contributed by atoms with E-state index in [9.17, 15) is 19.5 Å². The van der Waals surface area contributed by atoms with E-state index in [0.717, 1.165) is 16.2 Å². The topological polar surface area (TPSA) is 180 Å². The number of pyridine rings is 1. The highest BCUT2D eigenvalue weighted by Crippen LogP contribution is 2.40. The van der Waals surface area contributed by atoms with Gasteiger partial charge in [-0.05, 0) is 17.7 Å². The molecule has 182 valence electrons. The van der Waals surface area contributed by atoms with Gasteiger partial charge in [-0.25, -0.2) is 4.98 Å². The summed E-state index contributed by atoms with van der Waals surface area (Å²) < 4.78 is 1.83. The third-order valence-corrected chi connectivity index (χ3v) is 7.13. The highest BCUT2D eigenvalue weighted by molar-refractivity contribution is 8.00. The Hall–Kier alpha value is -3.91. The van der Waals surface area contributed by atoms with Crippen molar-refractivity contribution in [3.05, 3.63) is 59.0 Å². The van der Waals surface area contributed by atoms with Crippen LogP contribution < -0.4 is 26.5 Å². The molecule has 2 aromatic heterocycles. The first kappa shape index (κ1) is 24.2. The number of anilines is 2. The second kappa shape index (κ2) is 10.1. The van der Waals surface area contributed by atoms with Crippen LogP contribution in [-0.4, -0.2) is 57.7 Å². The first-order chi connectivity index (χ1) is 16.8. The third kappa shape index (κ3) is 4.97. The number of aromatic nitrogens is 2. The second-order valence-corrected chi connectivity index (χ2v) is 9.45. The molecule has 0 radical (unpaired) electrons. The average Bonchev–Trinajstić information content (AvgIpc) is 3.26. The molecule has 1 unspecified atom stereocenters. The minimum Gasteiger partial charge on any atom is -0.543 e. The van der Waals surface area contributed by atoms with E-state index in [0.29, 0.717) is 23.6 Å². The van der Waals surface area contributed by atoms with Crippen LogP contribution in [0.1, 0.15) is 5.69 Å². The summed E-state index contributed by atoms with van der Waals surface area (Å²) in [5, 5.41) is 19.4. The molecule has 0 aromatic carbocycles. The van der Waals surface area contributed by atoms with Gasteiger partial charge in [-0.1, -0.05) is 11.2 Å². The summed E-state index contributed by atoms with van der Waals surface area (Å²) in [4.78, 5) is 47.5. The first-order valence-electron chi connectivity index (χ1n) is 10.2. The smallest absolute Gasteiger partial charge is 0.276 e. The Kier molecular flexibility index (Phi) is 7.02. The van der Waals surface area contributed by atoms with Crippen molar-refractivity contribution in [1.82, 2.24) is 15.2 Å². The molecule has 4 rings (SSSR count). The predicted octanol–water partition coefficient (Wildman–Crippen LogP) is -1.39. The van der Waals surface area contributed by atoms with Gasteiger partial charge in [-0.15, -0.1) is 23.1 Å². The highest BCUT2D eigenvalue weighted by atomic mass is 32.2. The van der Waals surface area contributed by atoms with Crippen LogP contribution in [0, 0.1) is 0 Å². The number of nitrogens with two attached hydrogens (primary N) is 2. The van der Waals surface area contributed by atoms with Crippen LogP contribution in [0.15, 0.2) is 58.5 Å². The van der Waals surface area contributed by atoms with E-state index in [1.54, 1.807) is 30.5 Å². The number of oxime groups is 1. The number of carboxylic acids is 1. The van der Waals surface area contributed by atoms with Gasteiger partial charge in [0.1, 0.15) is 24.2 Å². The third-order valence-electron chi connectivity index (χ3n) is 5.16. The van der Waals surface area contributed by atoms with Gasteiger partial charge in [0.05, 0.1) is 17.4 Å². The quantitative estimate of drug-likeness (QED) is 0.165. The minimum atomic E-state index is -1.47.